The van der Waals surface area contributed by atoms with Gasteiger partial charge in [0.05, 0.1) is 7.11 Å². The maximum atomic E-state index is 5.57. The first-order valence-corrected chi connectivity index (χ1v) is 7.65. The molecule has 0 aromatic heterocycles. The zero-order valence-electron chi connectivity index (χ0n) is 13.1. The lowest BCUT2D eigenvalue weighted by Gasteiger charge is -2.15. The molecule has 0 saturated heterocycles. The highest BCUT2D eigenvalue weighted by Crippen LogP contribution is 2.34. The summed E-state index contributed by atoms with van der Waals surface area (Å²) < 4.78 is 5.57. The molecule has 2 nitrogen and oxygen atoms in total. The Labute approximate surface area is 127 Å². The van der Waals surface area contributed by atoms with E-state index < -0.39 is 0 Å². The van der Waals surface area contributed by atoms with Gasteiger partial charge in [-0.3, -0.25) is 0 Å². The van der Waals surface area contributed by atoms with Crippen molar-refractivity contribution in [3.8, 4) is 16.9 Å². The van der Waals surface area contributed by atoms with Crippen molar-refractivity contribution in [1.29, 1.82) is 0 Å². The molecule has 0 heterocycles. The molecule has 2 aromatic carbocycles. The lowest BCUT2D eigenvalue weighted by Crippen LogP contribution is -2.16. The van der Waals surface area contributed by atoms with Crippen LogP contribution in [0, 0.1) is 13.8 Å². The molecule has 0 amide bonds. The summed E-state index contributed by atoms with van der Waals surface area (Å²) in [4.78, 5) is 0. The Balaban J connectivity index is 2.02. The van der Waals surface area contributed by atoms with Crippen molar-refractivity contribution in [2.24, 2.45) is 0 Å². The number of nitrogens with one attached hydrogen (secondary N) is 1. The van der Waals surface area contributed by atoms with Gasteiger partial charge in [-0.25, -0.2) is 0 Å². The van der Waals surface area contributed by atoms with Crippen LogP contribution >= 0.6 is 0 Å². The smallest absolute Gasteiger partial charge is 0.126 e. The first-order chi connectivity index (χ1) is 10.2. The fraction of sp³-hybridized carbons (Fsp3) is 0.368. The quantitative estimate of drug-likeness (QED) is 0.885. The molecule has 2 heteroatoms. The van der Waals surface area contributed by atoms with Gasteiger partial charge in [-0.2, -0.15) is 0 Å². The Hall–Kier alpha value is -1.80. The highest BCUT2D eigenvalue weighted by atomic mass is 16.5. The van der Waals surface area contributed by atoms with E-state index in [1.165, 1.54) is 40.7 Å². The topological polar surface area (TPSA) is 21.3 Å². The summed E-state index contributed by atoms with van der Waals surface area (Å²) >= 11 is 0. The van der Waals surface area contributed by atoms with Gasteiger partial charge in [0.15, 0.2) is 0 Å². The lowest BCUT2D eigenvalue weighted by molar-refractivity contribution is 0.416. The average molecular weight is 281 g/mol. The fourth-order valence-electron chi connectivity index (χ4n) is 2.67. The second-order valence-corrected chi connectivity index (χ2v) is 6.02. The maximum Gasteiger partial charge on any atom is 0.126 e. The summed E-state index contributed by atoms with van der Waals surface area (Å²) in [7, 11) is 1.74. The second-order valence-electron chi connectivity index (χ2n) is 6.02. The van der Waals surface area contributed by atoms with Gasteiger partial charge in [-0.05, 0) is 49.9 Å². The predicted molar refractivity (Wildman–Crippen MR) is 87.8 cm³/mol. The summed E-state index contributed by atoms with van der Waals surface area (Å²) in [6.07, 6.45) is 2.63. The third-order valence-electron chi connectivity index (χ3n) is 4.07. The molecule has 1 N–H and O–H groups in total. The number of hydrogen-bond acceptors (Lipinski definition) is 2. The molecule has 0 radical (unpaired) electrons. The van der Waals surface area contributed by atoms with Gasteiger partial charge in [0.2, 0.25) is 0 Å². The van der Waals surface area contributed by atoms with Crippen LogP contribution in [-0.2, 0) is 6.54 Å². The van der Waals surface area contributed by atoms with Crippen molar-refractivity contribution in [3.63, 3.8) is 0 Å². The summed E-state index contributed by atoms with van der Waals surface area (Å²) in [5.41, 5.74) is 6.35. The Kier molecular flexibility index (Phi) is 3.98. The molecular weight excluding hydrogens is 258 g/mol. The molecule has 3 rings (SSSR count). The van der Waals surface area contributed by atoms with Gasteiger partial charge in [0.1, 0.15) is 5.75 Å². The van der Waals surface area contributed by atoms with Gasteiger partial charge in [-0.1, -0.05) is 35.4 Å². The molecule has 2 aromatic rings. The number of benzene rings is 2. The minimum atomic E-state index is 0.721. The van der Waals surface area contributed by atoms with Gasteiger partial charge in [0.25, 0.3) is 0 Å². The minimum Gasteiger partial charge on any atom is -0.496 e. The molecule has 1 aliphatic rings. The number of rotatable bonds is 5. The monoisotopic (exact) mass is 281 g/mol. The second kappa shape index (κ2) is 5.90. The van der Waals surface area contributed by atoms with Crippen molar-refractivity contribution in [1.82, 2.24) is 5.32 Å². The van der Waals surface area contributed by atoms with Gasteiger partial charge in [-0.15, -0.1) is 0 Å². The van der Waals surface area contributed by atoms with Gasteiger partial charge in [0, 0.05) is 18.2 Å². The number of methoxy groups -OCH3 is 1. The SMILES string of the molecule is COc1ccc(C)cc1-c1cc(C)ccc1CNC1CC1. The molecular formula is C19H23NO. The zero-order chi connectivity index (χ0) is 14.8. The summed E-state index contributed by atoms with van der Waals surface area (Å²) in [6.45, 7) is 5.20. The Morgan fingerprint density at radius 3 is 2.33 bits per heavy atom. The zero-order valence-corrected chi connectivity index (χ0v) is 13.1. The molecule has 0 aliphatic heterocycles. The highest BCUT2D eigenvalue weighted by Gasteiger charge is 2.21. The van der Waals surface area contributed by atoms with E-state index in [0.29, 0.717) is 0 Å². The number of aryl methyl sites for hydroxylation is 2. The highest BCUT2D eigenvalue weighted by molar-refractivity contribution is 5.74. The molecule has 110 valence electrons. The molecule has 0 unspecified atom stereocenters. The van der Waals surface area contributed by atoms with Crippen LogP contribution in [0.1, 0.15) is 29.5 Å². The fourth-order valence-corrected chi connectivity index (χ4v) is 2.67. The summed E-state index contributed by atoms with van der Waals surface area (Å²) in [5.74, 6) is 0.943. The molecule has 1 saturated carbocycles. The average Bonchev–Trinajstić information content (AvgIpc) is 3.30. The molecule has 1 fully saturated rings. The largest absolute Gasteiger partial charge is 0.496 e. The van der Waals surface area contributed by atoms with E-state index in [2.05, 4.69) is 55.6 Å². The van der Waals surface area contributed by atoms with Crippen LogP contribution in [0.15, 0.2) is 36.4 Å². The third-order valence-corrected chi connectivity index (χ3v) is 4.07. The van der Waals surface area contributed by atoms with E-state index in [-0.39, 0.29) is 0 Å². The molecule has 0 spiro atoms. The Morgan fingerprint density at radius 1 is 1.00 bits per heavy atom. The van der Waals surface area contributed by atoms with Crippen LogP contribution in [0.25, 0.3) is 11.1 Å². The standard InChI is InChI=1S/C19H23NO/c1-13-4-6-15(12-20-16-7-8-16)17(10-13)18-11-14(2)5-9-19(18)21-3/h4-6,9-11,16,20H,7-8,12H2,1-3H3. The predicted octanol–water partition coefficient (Wildman–Crippen LogP) is 4.23. The Bertz CT molecular complexity index is 644. The minimum absolute atomic E-state index is 0.721. The molecule has 21 heavy (non-hydrogen) atoms. The Morgan fingerprint density at radius 2 is 1.67 bits per heavy atom. The lowest BCUT2D eigenvalue weighted by atomic mass is 9.95. The van der Waals surface area contributed by atoms with Crippen LogP contribution in [0.3, 0.4) is 0 Å². The van der Waals surface area contributed by atoms with E-state index in [4.69, 9.17) is 4.74 Å². The first kappa shape index (κ1) is 14.2. The van der Waals surface area contributed by atoms with Crippen molar-refractivity contribution < 1.29 is 4.74 Å². The van der Waals surface area contributed by atoms with Crippen LogP contribution in [0.5, 0.6) is 5.75 Å². The normalized spacial score (nSPS) is 14.2. The van der Waals surface area contributed by atoms with Crippen molar-refractivity contribution >= 4 is 0 Å². The van der Waals surface area contributed by atoms with Gasteiger partial charge < -0.3 is 10.1 Å². The number of ether oxygens (including phenoxy) is 1. The molecule has 0 atom stereocenters. The molecule has 0 bridgehead atoms. The van der Waals surface area contributed by atoms with Crippen LogP contribution in [0.2, 0.25) is 0 Å². The van der Waals surface area contributed by atoms with Crippen molar-refractivity contribution in [2.75, 3.05) is 7.11 Å². The van der Waals surface area contributed by atoms with E-state index >= 15 is 0 Å². The number of hydrogen-bond donors (Lipinski definition) is 1. The van der Waals surface area contributed by atoms with E-state index in [0.717, 1.165) is 18.3 Å². The molecule has 1 aliphatic carbocycles. The van der Waals surface area contributed by atoms with E-state index in [1.807, 2.05) is 0 Å². The van der Waals surface area contributed by atoms with Crippen LogP contribution < -0.4 is 10.1 Å². The van der Waals surface area contributed by atoms with Crippen LogP contribution in [-0.4, -0.2) is 13.2 Å². The van der Waals surface area contributed by atoms with E-state index in [1.54, 1.807) is 7.11 Å². The first-order valence-electron chi connectivity index (χ1n) is 7.65. The van der Waals surface area contributed by atoms with Gasteiger partial charge >= 0.3 is 0 Å². The van der Waals surface area contributed by atoms with Crippen molar-refractivity contribution in [2.45, 2.75) is 39.3 Å². The third kappa shape index (κ3) is 3.27. The van der Waals surface area contributed by atoms with Crippen LogP contribution in [0.4, 0.5) is 0 Å². The van der Waals surface area contributed by atoms with Crippen molar-refractivity contribution in [3.05, 3.63) is 53.1 Å². The maximum absolute atomic E-state index is 5.57. The van der Waals surface area contributed by atoms with E-state index in [9.17, 15) is 0 Å². The summed E-state index contributed by atoms with van der Waals surface area (Å²) in [6, 6.07) is 13.8. The summed E-state index contributed by atoms with van der Waals surface area (Å²) in [5, 5.41) is 3.61.